The molecule has 0 aromatic heterocycles. The first-order valence-electron chi connectivity index (χ1n) is 4.15. The van der Waals surface area contributed by atoms with E-state index in [9.17, 15) is 0 Å². The lowest BCUT2D eigenvalue weighted by atomic mass is 10.2. The third-order valence-corrected chi connectivity index (χ3v) is 3.03. The highest BCUT2D eigenvalue weighted by Gasteiger charge is 2.16. The maximum absolute atomic E-state index is 5.04. The Labute approximate surface area is 73.1 Å². The van der Waals surface area contributed by atoms with Crippen LogP contribution in [0.2, 0.25) is 0 Å². The zero-order chi connectivity index (χ0) is 8.10. The second-order valence-electron chi connectivity index (χ2n) is 3.08. The smallest absolute Gasteiger partial charge is 0.0613 e. The van der Waals surface area contributed by atoms with Gasteiger partial charge < -0.3 is 10.1 Å². The van der Waals surface area contributed by atoms with Gasteiger partial charge in [-0.15, -0.1) is 0 Å². The number of ether oxygens (including phenoxy) is 1. The van der Waals surface area contributed by atoms with E-state index in [4.69, 9.17) is 4.74 Å². The van der Waals surface area contributed by atoms with Crippen LogP contribution in [0.5, 0.6) is 0 Å². The minimum absolute atomic E-state index is 0.503. The maximum Gasteiger partial charge on any atom is 0.0613 e. The van der Waals surface area contributed by atoms with Crippen molar-refractivity contribution >= 4 is 11.8 Å². The number of rotatable bonds is 4. The summed E-state index contributed by atoms with van der Waals surface area (Å²) >= 11 is 2.04. The number of methoxy groups -OCH3 is 1. The highest BCUT2D eigenvalue weighted by molar-refractivity contribution is 7.99. The minimum Gasteiger partial charge on any atom is -0.383 e. The molecule has 0 aromatic carbocycles. The summed E-state index contributed by atoms with van der Waals surface area (Å²) in [4.78, 5) is 0. The van der Waals surface area contributed by atoms with Crippen molar-refractivity contribution < 1.29 is 4.74 Å². The highest BCUT2D eigenvalue weighted by atomic mass is 32.2. The van der Waals surface area contributed by atoms with Crippen molar-refractivity contribution in [2.24, 2.45) is 0 Å². The first kappa shape index (κ1) is 9.36. The fourth-order valence-electron chi connectivity index (χ4n) is 1.37. The number of thioether (sulfide) groups is 1. The van der Waals surface area contributed by atoms with Crippen molar-refractivity contribution in [1.29, 1.82) is 0 Å². The van der Waals surface area contributed by atoms with Crippen LogP contribution in [0.3, 0.4) is 0 Å². The Morgan fingerprint density at radius 3 is 3.09 bits per heavy atom. The Kier molecular flexibility index (Phi) is 4.26. The van der Waals surface area contributed by atoms with Crippen LogP contribution in [0.4, 0.5) is 0 Å². The van der Waals surface area contributed by atoms with Gasteiger partial charge in [-0.25, -0.2) is 0 Å². The molecule has 1 heterocycles. The van der Waals surface area contributed by atoms with Crippen molar-refractivity contribution in [2.45, 2.75) is 25.4 Å². The Morgan fingerprint density at radius 2 is 2.55 bits per heavy atom. The maximum atomic E-state index is 5.04. The van der Waals surface area contributed by atoms with Crippen LogP contribution < -0.4 is 5.32 Å². The molecule has 1 aliphatic heterocycles. The summed E-state index contributed by atoms with van der Waals surface area (Å²) in [6.45, 7) is 2.99. The monoisotopic (exact) mass is 175 g/mol. The second-order valence-corrected chi connectivity index (χ2v) is 4.23. The molecular weight excluding hydrogens is 158 g/mol. The average molecular weight is 175 g/mol. The third kappa shape index (κ3) is 3.45. The van der Waals surface area contributed by atoms with Gasteiger partial charge in [0.25, 0.3) is 0 Å². The van der Waals surface area contributed by atoms with Gasteiger partial charge in [-0.1, -0.05) is 0 Å². The van der Waals surface area contributed by atoms with Crippen LogP contribution in [0.25, 0.3) is 0 Å². The van der Waals surface area contributed by atoms with E-state index in [-0.39, 0.29) is 0 Å². The van der Waals surface area contributed by atoms with E-state index in [0.29, 0.717) is 6.04 Å². The molecule has 1 aliphatic rings. The first-order chi connectivity index (χ1) is 5.33. The quantitative estimate of drug-likeness (QED) is 0.692. The lowest BCUT2D eigenvalue weighted by molar-refractivity contribution is 0.168. The molecule has 0 aliphatic carbocycles. The summed E-state index contributed by atoms with van der Waals surface area (Å²) < 4.78 is 5.04. The normalized spacial score (nSPS) is 27.3. The molecule has 1 N–H and O–H groups in total. The number of hydrogen-bond donors (Lipinski definition) is 1. The van der Waals surface area contributed by atoms with Crippen LogP contribution in [-0.4, -0.2) is 37.3 Å². The molecule has 0 amide bonds. The van der Waals surface area contributed by atoms with Crippen LogP contribution in [0.1, 0.15) is 13.3 Å². The predicted molar refractivity (Wildman–Crippen MR) is 50.2 cm³/mol. The SMILES string of the molecule is COC[C@@H](C)N[C@H]1CCSC1. The molecule has 0 bridgehead atoms. The van der Waals surface area contributed by atoms with Gasteiger partial charge in [0.1, 0.15) is 0 Å². The molecule has 0 saturated carbocycles. The zero-order valence-corrected chi connectivity index (χ0v) is 8.12. The average Bonchev–Trinajstić information content (AvgIpc) is 2.40. The van der Waals surface area contributed by atoms with E-state index in [2.05, 4.69) is 12.2 Å². The highest BCUT2D eigenvalue weighted by Crippen LogP contribution is 2.17. The molecule has 2 nitrogen and oxygen atoms in total. The molecule has 11 heavy (non-hydrogen) atoms. The fraction of sp³-hybridized carbons (Fsp3) is 1.00. The second kappa shape index (κ2) is 5.01. The van der Waals surface area contributed by atoms with Crippen molar-refractivity contribution in [1.82, 2.24) is 5.32 Å². The third-order valence-electron chi connectivity index (χ3n) is 1.87. The Balaban J connectivity index is 2.08. The largest absolute Gasteiger partial charge is 0.383 e. The molecule has 0 unspecified atom stereocenters. The molecule has 2 atom stereocenters. The van der Waals surface area contributed by atoms with Crippen molar-refractivity contribution in [3.05, 3.63) is 0 Å². The Bertz CT molecular complexity index is 104. The number of hydrogen-bond acceptors (Lipinski definition) is 3. The Morgan fingerprint density at radius 1 is 1.73 bits per heavy atom. The molecule has 66 valence electrons. The van der Waals surface area contributed by atoms with Gasteiger partial charge in [-0.3, -0.25) is 0 Å². The summed E-state index contributed by atoms with van der Waals surface area (Å²) in [5.41, 5.74) is 0. The summed E-state index contributed by atoms with van der Waals surface area (Å²) in [7, 11) is 1.75. The van der Waals surface area contributed by atoms with Gasteiger partial charge in [0.15, 0.2) is 0 Å². The Hall–Kier alpha value is 0.270. The van der Waals surface area contributed by atoms with Gasteiger partial charge in [0.05, 0.1) is 6.61 Å². The molecule has 1 rings (SSSR count). The van der Waals surface area contributed by atoms with Crippen molar-refractivity contribution in [3.8, 4) is 0 Å². The minimum atomic E-state index is 0.503. The summed E-state index contributed by atoms with van der Waals surface area (Å²) in [6.07, 6.45) is 1.32. The zero-order valence-electron chi connectivity index (χ0n) is 7.30. The van der Waals surface area contributed by atoms with Crippen LogP contribution >= 0.6 is 11.8 Å². The lowest BCUT2D eigenvalue weighted by Crippen LogP contribution is -2.38. The van der Waals surface area contributed by atoms with E-state index >= 15 is 0 Å². The number of nitrogens with one attached hydrogen (secondary N) is 1. The van der Waals surface area contributed by atoms with Gasteiger partial charge in [-0.05, 0) is 19.1 Å². The van der Waals surface area contributed by atoms with Crippen molar-refractivity contribution in [3.63, 3.8) is 0 Å². The molecule has 0 aromatic rings. The fourth-order valence-corrected chi connectivity index (χ4v) is 2.53. The first-order valence-corrected chi connectivity index (χ1v) is 5.31. The van der Waals surface area contributed by atoms with Crippen LogP contribution in [0.15, 0.2) is 0 Å². The van der Waals surface area contributed by atoms with Crippen LogP contribution in [0, 0.1) is 0 Å². The molecule has 0 radical (unpaired) electrons. The topological polar surface area (TPSA) is 21.3 Å². The molecular formula is C8H17NOS. The summed E-state index contributed by atoms with van der Waals surface area (Å²) in [5.74, 6) is 2.59. The van der Waals surface area contributed by atoms with Crippen LogP contribution in [-0.2, 0) is 4.74 Å². The van der Waals surface area contributed by atoms with E-state index in [1.165, 1.54) is 17.9 Å². The van der Waals surface area contributed by atoms with Gasteiger partial charge in [0.2, 0.25) is 0 Å². The molecule has 1 saturated heterocycles. The summed E-state index contributed by atoms with van der Waals surface area (Å²) in [5, 5.41) is 3.53. The van der Waals surface area contributed by atoms with Gasteiger partial charge in [0, 0.05) is 24.9 Å². The lowest BCUT2D eigenvalue weighted by Gasteiger charge is -2.17. The molecule has 0 spiro atoms. The molecule has 1 fully saturated rings. The van der Waals surface area contributed by atoms with E-state index in [1.807, 2.05) is 11.8 Å². The van der Waals surface area contributed by atoms with E-state index in [0.717, 1.165) is 12.6 Å². The summed E-state index contributed by atoms with van der Waals surface area (Å²) in [6, 6.07) is 1.23. The van der Waals surface area contributed by atoms with E-state index in [1.54, 1.807) is 7.11 Å². The van der Waals surface area contributed by atoms with E-state index < -0.39 is 0 Å². The predicted octanol–water partition coefficient (Wildman–Crippen LogP) is 1.12. The standard InChI is InChI=1S/C8H17NOS/c1-7(5-10-2)9-8-3-4-11-6-8/h7-9H,3-6H2,1-2H3/t7-,8+/m1/s1. The molecule has 3 heteroatoms. The van der Waals surface area contributed by atoms with Crippen molar-refractivity contribution in [2.75, 3.05) is 25.2 Å². The van der Waals surface area contributed by atoms with Gasteiger partial charge >= 0.3 is 0 Å². The van der Waals surface area contributed by atoms with Gasteiger partial charge in [-0.2, -0.15) is 11.8 Å².